The van der Waals surface area contributed by atoms with Crippen molar-refractivity contribution in [1.82, 2.24) is 19.7 Å². The molecule has 0 aromatic carbocycles. The summed E-state index contributed by atoms with van der Waals surface area (Å²) >= 11 is 0. The van der Waals surface area contributed by atoms with Gasteiger partial charge >= 0.3 is 0 Å². The van der Waals surface area contributed by atoms with E-state index in [0.29, 0.717) is 32.5 Å². The highest BCUT2D eigenvalue weighted by molar-refractivity contribution is 5.79. The van der Waals surface area contributed by atoms with Gasteiger partial charge in [-0.25, -0.2) is 0 Å². The lowest BCUT2D eigenvalue weighted by Gasteiger charge is -2.36. The normalized spacial score (nSPS) is 26.6. The molecule has 2 fully saturated rings. The molecule has 0 bridgehead atoms. The van der Waals surface area contributed by atoms with Crippen molar-refractivity contribution < 1.29 is 9.90 Å². The maximum absolute atomic E-state index is 12.4. The molecule has 2 aliphatic heterocycles. The van der Waals surface area contributed by atoms with Crippen LogP contribution in [0.1, 0.15) is 12.0 Å². The third-order valence-electron chi connectivity index (χ3n) is 4.88. The number of likely N-dealkylation sites (N-methyl/N-ethyl adjacent to an activating group) is 1. The van der Waals surface area contributed by atoms with Gasteiger partial charge < -0.3 is 14.9 Å². The lowest BCUT2D eigenvalue weighted by Crippen LogP contribution is -2.52. The lowest BCUT2D eigenvalue weighted by molar-refractivity contribution is -0.130. The average molecular weight is 318 g/mol. The Morgan fingerprint density at radius 3 is 2.78 bits per heavy atom. The highest BCUT2D eigenvalue weighted by Gasteiger charge is 2.39. The number of nitrogens with zero attached hydrogens (tertiary/aromatic N) is 4. The second-order valence-corrected chi connectivity index (χ2v) is 6.91. The van der Waals surface area contributed by atoms with Crippen LogP contribution in [-0.2, 0) is 11.2 Å². The van der Waals surface area contributed by atoms with Gasteiger partial charge in [0, 0.05) is 51.7 Å². The fraction of sp³-hybridized carbons (Fsp3) is 0.647. The maximum atomic E-state index is 12.4. The van der Waals surface area contributed by atoms with E-state index in [4.69, 9.17) is 0 Å². The number of amides is 1. The molecule has 1 amide bonds. The summed E-state index contributed by atoms with van der Waals surface area (Å²) in [6.45, 7) is 5.81. The zero-order valence-corrected chi connectivity index (χ0v) is 13.8. The molecule has 0 spiro atoms. The van der Waals surface area contributed by atoms with E-state index >= 15 is 0 Å². The molecule has 0 aliphatic carbocycles. The second-order valence-electron chi connectivity index (χ2n) is 6.91. The quantitative estimate of drug-likeness (QED) is 0.836. The van der Waals surface area contributed by atoms with E-state index in [2.05, 4.69) is 21.8 Å². The van der Waals surface area contributed by atoms with Crippen molar-refractivity contribution in [3.8, 4) is 0 Å². The van der Waals surface area contributed by atoms with Crippen LogP contribution in [0.4, 0.5) is 0 Å². The van der Waals surface area contributed by atoms with Crippen LogP contribution in [0, 0.1) is 0 Å². The molecule has 0 unspecified atom stereocenters. The molecule has 0 saturated carbocycles. The number of piperazine rings is 1. The molecule has 23 heavy (non-hydrogen) atoms. The topological polar surface area (TPSA) is 59.9 Å². The Hall–Kier alpha value is -1.50. The fourth-order valence-electron chi connectivity index (χ4n) is 3.41. The first-order valence-electron chi connectivity index (χ1n) is 8.34. The molecule has 2 aliphatic rings. The van der Waals surface area contributed by atoms with Crippen LogP contribution in [0.3, 0.4) is 0 Å². The Morgan fingerprint density at radius 1 is 1.30 bits per heavy atom. The molecule has 6 nitrogen and oxygen atoms in total. The molecule has 1 atom stereocenters. The molecule has 2 saturated heterocycles. The van der Waals surface area contributed by atoms with Crippen LogP contribution >= 0.6 is 0 Å². The molecule has 6 heteroatoms. The van der Waals surface area contributed by atoms with Crippen molar-refractivity contribution in [2.45, 2.75) is 18.4 Å². The van der Waals surface area contributed by atoms with E-state index in [1.54, 1.807) is 17.3 Å². The standard InChI is InChI=1S/C17H26N4O2/c1-19-7-9-20(10-8-19)13-17(23)4-6-21(14-17)16(22)11-15-3-2-5-18-12-15/h2-3,5,12,23H,4,6-11,13-14H2,1H3/t17-/m1/s1. The van der Waals surface area contributed by atoms with Gasteiger partial charge in [-0.2, -0.15) is 0 Å². The van der Waals surface area contributed by atoms with Crippen molar-refractivity contribution in [1.29, 1.82) is 0 Å². The van der Waals surface area contributed by atoms with Crippen molar-refractivity contribution >= 4 is 5.91 Å². The van der Waals surface area contributed by atoms with Gasteiger partial charge in [0.15, 0.2) is 0 Å². The molecule has 1 aromatic heterocycles. The van der Waals surface area contributed by atoms with Crippen LogP contribution in [0.5, 0.6) is 0 Å². The minimum absolute atomic E-state index is 0.0762. The molecule has 3 rings (SSSR count). The number of likely N-dealkylation sites (tertiary alicyclic amines) is 1. The largest absolute Gasteiger partial charge is 0.387 e. The maximum Gasteiger partial charge on any atom is 0.227 e. The third kappa shape index (κ3) is 4.28. The predicted molar refractivity (Wildman–Crippen MR) is 88.0 cm³/mol. The van der Waals surface area contributed by atoms with E-state index in [1.165, 1.54) is 0 Å². The van der Waals surface area contributed by atoms with Gasteiger partial charge in [-0.1, -0.05) is 6.07 Å². The first-order valence-corrected chi connectivity index (χ1v) is 8.34. The Kier molecular flexibility index (Phi) is 4.94. The van der Waals surface area contributed by atoms with E-state index in [1.807, 2.05) is 12.1 Å². The number of hydrogen-bond acceptors (Lipinski definition) is 5. The summed E-state index contributed by atoms with van der Waals surface area (Å²) in [5, 5.41) is 10.8. The van der Waals surface area contributed by atoms with E-state index in [0.717, 1.165) is 31.7 Å². The summed E-state index contributed by atoms with van der Waals surface area (Å²) in [5.74, 6) is 0.0762. The van der Waals surface area contributed by atoms with Gasteiger partial charge in [-0.3, -0.25) is 14.7 Å². The molecule has 126 valence electrons. The number of carbonyl (C=O) groups excluding carboxylic acids is 1. The van der Waals surface area contributed by atoms with E-state index < -0.39 is 5.60 Å². The Labute approximate surface area is 137 Å². The molecular formula is C17H26N4O2. The minimum atomic E-state index is -0.763. The average Bonchev–Trinajstić information content (AvgIpc) is 2.93. The number of β-amino-alcohol motifs (C(OH)–C–C–N with tert-alkyl or cyclic N) is 1. The highest BCUT2D eigenvalue weighted by atomic mass is 16.3. The van der Waals surface area contributed by atoms with Gasteiger partial charge in [0.2, 0.25) is 5.91 Å². The smallest absolute Gasteiger partial charge is 0.227 e. The second kappa shape index (κ2) is 6.95. The monoisotopic (exact) mass is 318 g/mol. The van der Waals surface area contributed by atoms with E-state index in [-0.39, 0.29) is 5.91 Å². The summed E-state index contributed by atoms with van der Waals surface area (Å²) in [5.41, 5.74) is 0.160. The summed E-state index contributed by atoms with van der Waals surface area (Å²) < 4.78 is 0. The zero-order valence-electron chi connectivity index (χ0n) is 13.8. The number of pyridine rings is 1. The number of aliphatic hydroxyl groups is 1. The van der Waals surface area contributed by atoms with E-state index in [9.17, 15) is 9.90 Å². The third-order valence-corrected chi connectivity index (χ3v) is 4.88. The first-order chi connectivity index (χ1) is 11.0. The van der Waals surface area contributed by atoms with Gasteiger partial charge in [-0.05, 0) is 25.1 Å². The van der Waals surface area contributed by atoms with Crippen molar-refractivity contribution in [3.05, 3.63) is 30.1 Å². The number of carbonyl (C=O) groups is 1. The first kappa shape index (κ1) is 16.4. The molecule has 3 heterocycles. The zero-order chi connectivity index (χ0) is 16.3. The number of rotatable bonds is 4. The SMILES string of the molecule is CN1CCN(C[C@]2(O)CCN(C(=O)Cc3cccnc3)C2)CC1. The lowest BCUT2D eigenvalue weighted by atomic mass is 10.0. The molecule has 1 aromatic rings. The van der Waals surface area contributed by atoms with Crippen molar-refractivity contribution in [2.24, 2.45) is 0 Å². The predicted octanol–water partition coefficient (Wildman–Crippen LogP) is -0.165. The highest BCUT2D eigenvalue weighted by Crippen LogP contribution is 2.23. The minimum Gasteiger partial charge on any atom is -0.387 e. The van der Waals surface area contributed by atoms with Crippen LogP contribution < -0.4 is 0 Å². The van der Waals surface area contributed by atoms with Gasteiger partial charge in [0.05, 0.1) is 18.6 Å². The summed E-state index contributed by atoms with van der Waals surface area (Å²) in [4.78, 5) is 22.9. The van der Waals surface area contributed by atoms with Crippen molar-refractivity contribution in [2.75, 3.05) is 52.9 Å². The Balaban J connectivity index is 1.51. The van der Waals surface area contributed by atoms with Crippen molar-refractivity contribution in [3.63, 3.8) is 0 Å². The molecule has 1 N–H and O–H groups in total. The van der Waals surface area contributed by atoms with Crippen LogP contribution in [0.25, 0.3) is 0 Å². The van der Waals surface area contributed by atoms with Gasteiger partial charge in [0.25, 0.3) is 0 Å². The Morgan fingerprint density at radius 2 is 2.09 bits per heavy atom. The molecular weight excluding hydrogens is 292 g/mol. The number of aromatic nitrogens is 1. The van der Waals surface area contributed by atoms with Crippen LogP contribution in [-0.4, -0.2) is 89.2 Å². The summed E-state index contributed by atoms with van der Waals surface area (Å²) in [7, 11) is 2.13. The summed E-state index contributed by atoms with van der Waals surface area (Å²) in [6, 6.07) is 3.76. The van der Waals surface area contributed by atoms with Gasteiger partial charge in [0.1, 0.15) is 0 Å². The fourth-order valence-corrected chi connectivity index (χ4v) is 3.41. The van der Waals surface area contributed by atoms with Crippen LogP contribution in [0.15, 0.2) is 24.5 Å². The number of hydrogen-bond donors (Lipinski definition) is 1. The van der Waals surface area contributed by atoms with Gasteiger partial charge in [-0.15, -0.1) is 0 Å². The molecule has 0 radical (unpaired) electrons. The Bertz CT molecular complexity index is 531. The summed E-state index contributed by atoms with van der Waals surface area (Å²) in [6.07, 6.45) is 4.46. The van der Waals surface area contributed by atoms with Crippen LogP contribution in [0.2, 0.25) is 0 Å².